The fourth-order valence-corrected chi connectivity index (χ4v) is 3.94. The first-order valence-corrected chi connectivity index (χ1v) is 9.62. The molecule has 3 heterocycles. The van der Waals surface area contributed by atoms with Crippen LogP contribution in [0.5, 0.6) is 0 Å². The van der Waals surface area contributed by atoms with Gasteiger partial charge in [0.2, 0.25) is 0 Å². The molecule has 3 rings (SSSR count). The van der Waals surface area contributed by atoms with Crippen LogP contribution in [-0.4, -0.2) is 73.1 Å². The third kappa shape index (κ3) is 5.73. The molecule has 2 aliphatic heterocycles. The van der Waals surface area contributed by atoms with Gasteiger partial charge in [0, 0.05) is 44.3 Å². The number of likely N-dealkylation sites (tertiary alicyclic amines) is 1. The molecule has 2 N–H and O–H groups in total. The number of nitrogens with zero attached hydrogens (tertiary/aromatic N) is 5. The number of halogens is 1. The molecule has 0 radical (unpaired) electrons. The second-order valence-corrected chi connectivity index (χ2v) is 7.16. The maximum atomic E-state index is 6.15. The van der Waals surface area contributed by atoms with E-state index in [0.717, 1.165) is 44.3 Å². The molecule has 2 saturated heterocycles. The maximum Gasteiger partial charge on any atom is 0.191 e. The van der Waals surface area contributed by atoms with Crippen molar-refractivity contribution < 1.29 is 0 Å². The van der Waals surface area contributed by atoms with Crippen molar-refractivity contribution in [2.24, 2.45) is 10.7 Å². The highest BCUT2D eigenvalue weighted by atomic mass is 127. The molecule has 0 aliphatic carbocycles. The van der Waals surface area contributed by atoms with Gasteiger partial charge in [-0.05, 0) is 45.3 Å². The van der Waals surface area contributed by atoms with Gasteiger partial charge < -0.3 is 20.4 Å². The van der Waals surface area contributed by atoms with Gasteiger partial charge in [0.25, 0.3) is 0 Å². The van der Waals surface area contributed by atoms with Gasteiger partial charge in [0.05, 0.1) is 0 Å². The first-order chi connectivity index (χ1) is 11.3. The molecule has 2 aliphatic rings. The molecule has 0 spiro atoms. The largest absolute Gasteiger partial charge is 0.370 e. The topological polar surface area (TPSA) is 61.0 Å². The van der Waals surface area contributed by atoms with E-state index in [1.54, 1.807) is 11.3 Å². The standard InChI is InChI=1S/C16H28N6S.HI/c17-15(18-5-1-2-7-20-8-3-4-9-20)21-10-12-22(13-11-21)16-19-6-14-23-16;/h6,14H,1-5,7-13H2,(H2,17,18);1H. The molecule has 0 amide bonds. The lowest BCUT2D eigenvalue weighted by atomic mass is 10.3. The summed E-state index contributed by atoms with van der Waals surface area (Å²) >= 11 is 1.70. The first-order valence-electron chi connectivity index (χ1n) is 8.74. The number of aromatic nitrogens is 1. The predicted octanol–water partition coefficient (Wildman–Crippen LogP) is 2.07. The molecule has 0 bridgehead atoms. The van der Waals surface area contributed by atoms with Crippen LogP contribution in [0.4, 0.5) is 5.13 Å². The molecule has 0 aromatic carbocycles. The smallest absolute Gasteiger partial charge is 0.191 e. The summed E-state index contributed by atoms with van der Waals surface area (Å²) in [6, 6.07) is 0. The lowest BCUT2D eigenvalue weighted by Crippen LogP contribution is -2.51. The van der Waals surface area contributed by atoms with Gasteiger partial charge in [0.15, 0.2) is 11.1 Å². The molecule has 0 unspecified atom stereocenters. The van der Waals surface area contributed by atoms with Crippen LogP contribution >= 0.6 is 35.3 Å². The van der Waals surface area contributed by atoms with Crippen molar-refractivity contribution in [3.8, 4) is 0 Å². The van der Waals surface area contributed by atoms with Crippen molar-refractivity contribution in [3.05, 3.63) is 11.6 Å². The Hall–Kier alpha value is -0.610. The van der Waals surface area contributed by atoms with E-state index in [1.807, 2.05) is 11.6 Å². The summed E-state index contributed by atoms with van der Waals surface area (Å²) in [7, 11) is 0. The number of anilines is 1. The van der Waals surface area contributed by atoms with Gasteiger partial charge in [-0.25, -0.2) is 4.98 Å². The molecule has 1 aromatic heterocycles. The quantitative estimate of drug-likeness (QED) is 0.302. The maximum absolute atomic E-state index is 6.15. The van der Waals surface area contributed by atoms with E-state index in [9.17, 15) is 0 Å². The van der Waals surface area contributed by atoms with E-state index in [-0.39, 0.29) is 24.0 Å². The number of hydrogen-bond acceptors (Lipinski definition) is 5. The van der Waals surface area contributed by atoms with Crippen LogP contribution in [0.25, 0.3) is 0 Å². The third-order valence-corrected chi connectivity index (χ3v) is 5.48. The summed E-state index contributed by atoms with van der Waals surface area (Å²) in [6.45, 7) is 8.46. The summed E-state index contributed by atoms with van der Waals surface area (Å²) in [5, 5.41) is 3.14. The number of guanidine groups is 1. The fraction of sp³-hybridized carbons (Fsp3) is 0.750. The number of thiazole rings is 1. The van der Waals surface area contributed by atoms with E-state index < -0.39 is 0 Å². The Labute approximate surface area is 166 Å². The Kier molecular flexibility index (Phi) is 8.54. The number of aliphatic imine (C=N–C) groups is 1. The number of piperazine rings is 1. The zero-order valence-electron chi connectivity index (χ0n) is 14.3. The molecule has 0 saturated carbocycles. The van der Waals surface area contributed by atoms with Crippen molar-refractivity contribution in [1.82, 2.24) is 14.8 Å². The van der Waals surface area contributed by atoms with Crippen LogP contribution in [0.15, 0.2) is 16.6 Å². The Morgan fingerprint density at radius 2 is 1.88 bits per heavy atom. The Morgan fingerprint density at radius 1 is 1.12 bits per heavy atom. The van der Waals surface area contributed by atoms with Gasteiger partial charge in [-0.2, -0.15) is 0 Å². The van der Waals surface area contributed by atoms with Crippen LogP contribution in [0.2, 0.25) is 0 Å². The molecule has 2 fully saturated rings. The highest BCUT2D eigenvalue weighted by Crippen LogP contribution is 2.18. The van der Waals surface area contributed by atoms with Gasteiger partial charge in [-0.15, -0.1) is 35.3 Å². The average molecular weight is 464 g/mol. The van der Waals surface area contributed by atoms with E-state index >= 15 is 0 Å². The zero-order valence-corrected chi connectivity index (χ0v) is 17.4. The number of nitrogens with two attached hydrogens (primary N) is 1. The molecule has 8 heteroatoms. The number of rotatable bonds is 6. The number of hydrogen-bond donors (Lipinski definition) is 1. The highest BCUT2D eigenvalue weighted by Gasteiger charge is 2.19. The van der Waals surface area contributed by atoms with Gasteiger partial charge >= 0.3 is 0 Å². The Morgan fingerprint density at radius 3 is 2.54 bits per heavy atom. The van der Waals surface area contributed by atoms with Crippen LogP contribution < -0.4 is 10.6 Å². The van der Waals surface area contributed by atoms with Crippen LogP contribution in [0, 0.1) is 0 Å². The van der Waals surface area contributed by atoms with Crippen molar-refractivity contribution in [3.63, 3.8) is 0 Å². The first kappa shape index (κ1) is 19.7. The van der Waals surface area contributed by atoms with E-state index in [0.29, 0.717) is 5.96 Å². The summed E-state index contributed by atoms with van der Waals surface area (Å²) in [6.07, 6.45) is 6.98. The van der Waals surface area contributed by atoms with E-state index in [2.05, 4.69) is 24.7 Å². The molecule has 0 atom stereocenters. The minimum atomic E-state index is 0. The number of unbranched alkanes of at least 4 members (excludes halogenated alkanes) is 1. The molecular formula is C16H29IN6S. The Bertz CT molecular complexity index is 481. The minimum absolute atomic E-state index is 0. The minimum Gasteiger partial charge on any atom is -0.370 e. The molecule has 1 aromatic rings. The van der Waals surface area contributed by atoms with Crippen molar-refractivity contribution in [2.75, 3.05) is 57.3 Å². The third-order valence-electron chi connectivity index (χ3n) is 4.65. The monoisotopic (exact) mass is 464 g/mol. The zero-order chi connectivity index (χ0) is 15.9. The lowest BCUT2D eigenvalue weighted by Gasteiger charge is -2.35. The highest BCUT2D eigenvalue weighted by molar-refractivity contribution is 14.0. The fourth-order valence-electron chi connectivity index (χ4n) is 3.25. The van der Waals surface area contributed by atoms with Gasteiger partial charge in [0.1, 0.15) is 0 Å². The second-order valence-electron chi connectivity index (χ2n) is 6.28. The van der Waals surface area contributed by atoms with Crippen molar-refractivity contribution >= 4 is 46.4 Å². The van der Waals surface area contributed by atoms with Crippen molar-refractivity contribution in [2.45, 2.75) is 25.7 Å². The van der Waals surface area contributed by atoms with E-state index in [4.69, 9.17) is 5.73 Å². The predicted molar refractivity (Wildman–Crippen MR) is 113 cm³/mol. The van der Waals surface area contributed by atoms with Gasteiger partial charge in [-0.1, -0.05) is 0 Å². The van der Waals surface area contributed by atoms with Crippen LogP contribution in [0.1, 0.15) is 25.7 Å². The second kappa shape index (κ2) is 10.4. The van der Waals surface area contributed by atoms with Gasteiger partial charge in [-0.3, -0.25) is 4.99 Å². The van der Waals surface area contributed by atoms with Crippen LogP contribution in [-0.2, 0) is 0 Å². The lowest BCUT2D eigenvalue weighted by molar-refractivity contribution is 0.330. The summed E-state index contributed by atoms with van der Waals surface area (Å²) in [5.74, 6) is 0.713. The summed E-state index contributed by atoms with van der Waals surface area (Å²) in [4.78, 5) is 16.0. The average Bonchev–Trinajstić information content (AvgIpc) is 3.28. The molecule has 136 valence electrons. The summed E-state index contributed by atoms with van der Waals surface area (Å²) < 4.78 is 0. The molecule has 6 nitrogen and oxygen atoms in total. The molecular weight excluding hydrogens is 435 g/mol. The Balaban J connectivity index is 0.00000208. The SMILES string of the molecule is I.NC(=NCCCCN1CCCC1)N1CCN(c2nccs2)CC1. The normalized spacial score (nSPS) is 19.6. The van der Waals surface area contributed by atoms with Crippen molar-refractivity contribution in [1.29, 1.82) is 0 Å². The van der Waals surface area contributed by atoms with E-state index in [1.165, 1.54) is 38.9 Å². The molecule has 24 heavy (non-hydrogen) atoms. The summed E-state index contributed by atoms with van der Waals surface area (Å²) in [5.41, 5.74) is 6.15. The van der Waals surface area contributed by atoms with Crippen LogP contribution in [0.3, 0.4) is 0 Å².